The number of hydrogen-bond acceptors (Lipinski definition) is 5. The molecule has 0 unspecified atom stereocenters. The van der Waals surface area contributed by atoms with E-state index >= 15 is 0 Å². The topological polar surface area (TPSA) is 70.9 Å². The minimum atomic E-state index is -0.278. The zero-order chi connectivity index (χ0) is 18.4. The van der Waals surface area contributed by atoms with Crippen molar-refractivity contribution in [3.8, 4) is 16.9 Å². The predicted molar refractivity (Wildman–Crippen MR) is 102 cm³/mol. The highest BCUT2D eigenvalue weighted by Gasteiger charge is 2.04. The van der Waals surface area contributed by atoms with Crippen LogP contribution in [0.2, 0.25) is 0 Å². The SMILES string of the molecule is Cc1ccc(O)c(NO/N=C/C(=O)c2ccc(-c3ccccc3)cc2)c1. The first kappa shape index (κ1) is 17.2. The number of rotatable bonds is 6. The number of ketones is 1. The Morgan fingerprint density at radius 2 is 1.69 bits per heavy atom. The number of hydrogen-bond donors (Lipinski definition) is 2. The van der Waals surface area contributed by atoms with Gasteiger partial charge in [0.25, 0.3) is 0 Å². The summed E-state index contributed by atoms with van der Waals surface area (Å²) < 4.78 is 0. The molecule has 0 aliphatic carbocycles. The first-order chi connectivity index (χ1) is 12.6. The highest BCUT2D eigenvalue weighted by atomic mass is 16.8. The number of aryl methyl sites for hydroxylation is 1. The number of phenolic OH excluding ortho intramolecular Hbond substituents is 1. The fourth-order valence-corrected chi connectivity index (χ4v) is 2.41. The van der Waals surface area contributed by atoms with Gasteiger partial charge in [0, 0.05) is 5.56 Å². The van der Waals surface area contributed by atoms with Crippen molar-refractivity contribution >= 4 is 17.7 Å². The van der Waals surface area contributed by atoms with Crippen LogP contribution in [0.5, 0.6) is 5.75 Å². The lowest BCUT2D eigenvalue weighted by Gasteiger charge is -2.05. The van der Waals surface area contributed by atoms with Gasteiger partial charge in [0.05, 0.1) is 0 Å². The van der Waals surface area contributed by atoms with E-state index in [1.807, 2.05) is 49.4 Å². The molecule has 0 bridgehead atoms. The fourth-order valence-electron chi connectivity index (χ4n) is 2.41. The van der Waals surface area contributed by atoms with Crippen LogP contribution in [0.3, 0.4) is 0 Å². The molecule has 0 atom stereocenters. The number of nitrogens with one attached hydrogen (secondary N) is 1. The Morgan fingerprint density at radius 3 is 2.42 bits per heavy atom. The van der Waals surface area contributed by atoms with Gasteiger partial charge < -0.3 is 5.11 Å². The molecule has 0 saturated heterocycles. The van der Waals surface area contributed by atoms with Crippen molar-refractivity contribution in [1.82, 2.24) is 0 Å². The molecular formula is C21H18N2O3. The Balaban J connectivity index is 1.59. The van der Waals surface area contributed by atoms with Crippen molar-refractivity contribution in [1.29, 1.82) is 0 Å². The van der Waals surface area contributed by atoms with E-state index in [0.717, 1.165) is 22.9 Å². The molecule has 0 fully saturated rings. The summed E-state index contributed by atoms with van der Waals surface area (Å²) in [7, 11) is 0. The maximum Gasteiger partial charge on any atom is 0.207 e. The number of anilines is 1. The summed E-state index contributed by atoms with van der Waals surface area (Å²) in [5, 5.41) is 13.3. The molecule has 0 amide bonds. The maximum absolute atomic E-state index is 12.1. The lowest BCUT2D eigenvalue weighted by molar-refractivity contribution is 0.106. The molecule has 26 heavy (non-hydrogen) atoms. The van der Waals surface area contributed by atoms with E-state index in [-0.39, 0.29) is 11.5 Å². The Hall–Kier alpha value is -3.60. The maximum atomic E-state index is 12.1. The van der Waals surface area contributed by atoms with E-state index < -0.39 is 0 Å². The van der Waals surface area contributed by atoms with Crippen LogP contribution in [0.1, 0.15) is 15.9 Å². The minimum absolute atomic E-state index is 0.0358. The van der Waals surface area contributed by atoms with Gasteiger partial charge in [0.2, 0.25) is 5.78 Å². The first-order valence-corrected chi connectivity index (χ1v) is 8.08. The van der Waals surface area contributed by atoms with Crippen LogP contribution >= 0.6 is 0 Å². The lowest BCUT2D eigenvalue weighted by Crippen LogP contribution is -2.03. The van der Waals surface area contributed by atoms with Crippen LogP contribution < -0.4 is 5.48 Å². The second-order valence-electron chi connectivity index (χ2n) is 5.76. The van der Waals surface area contributed by atoms with E-state index in [9.17, 15) is 9.90 Å². The average molecular weight is 346 g/mol. The number of nitrogens with zero attached hydrogens (tertiary/aromatic N) is 1. The molecule has 2 N–H and O–H groups in total. The van der Waals surface area contributed by atoms with Gasteiger partial charge >= 0.3 is 0 Å². The average Bonchev–Trinajstić information content (AvgIpc) is 2.68. The molecule has 3 rings (SSSR count). The summed E-state index contributed by atoms with van der Waals surface area (Å²) in [6, 6.07) is 22.2. The summed E-state index contributed by atoms with van der Waals surface area (Å²) in [5.41, 5.74) is 6.45. The van der Waals surface area contributed by atoms with E-state index in [4.69, 9.17) is 4.94 Å². The highest BCUT2D eigenvalue weighted by Crippen LogP contribution is 2.23. The Labute approximate surface area is 151 Å². The number of carbonyl (C=O) groups is 1. The molecular weight excluding hydrogens is 328 g/mol. The van der Waals surface area contributed by atoms with Gasteiger partial charge in [-0.25, -0.2) is 0 Å². The molecule has 3 aromatic carbocycles. The van der Waals surface area contributed by atoms with Crippen LogP contribution in [-0.4, -0.2) is 17.1 Å². The van der Waals surface area contributed by atoms with Gasteiger partial charge in [0.15, 0.2) is 0 Å². The van der Waals surface area contributed by atoms with Gasteiger partial charge in [-0.1, -0.05) is 65.8 Å². The van der Waals surface area contributed by atoms with Gasteiger partial charge in [-0.2, -0.15) is 5.48 Å². The van der Waals surface area contributed by atoms with Crippen molar-refractivity contribution in [2.45, 2.75) is 6.92 Å². The number of benzene rings is 3. The number of carbonyl (C=O) groups excluding carboxylic acids is 1. The smallest absolute Gasteiger partial charge is 0.207 e. The number of phenols is 1. The Kier molecular flexibility index (Phi) is 5.29. The number of Topliss-reactive ketones (excluding diaryl/α,β-unsaturated/α-hetero) is 1. The zero-order valence-electron chi connectivity index (χ0n) is 14.2. The lowest BCUT2D eigenvalue weighted by atomic mass is 10.0. The molecule has 130 valence electrons. The standard InChI is InChI=1S/C21H18N2O3/c1-15-7-12-20(24)19(13-15)23-26-22-14-21(25)18-10-8-17(9-11-18)16-5-3-2-4-6-16/h2-14,23-24H,1H3/b22-14+. The van der Waals surface area contributed by atoms with Crippen molar-refractivity contribution in [2.24, 2.45) is 5.16 Å². The van der Waals surface area contributed by atoms with E-state index in [1.165, 1.54) is 0 Å². The Morgan fingerprint density at radius 1 is 1.00 bits per heavy atom. The molecule has 0 spiro atoms. The third-order valence-corrected chi connectivity index (χ3v) is 3.81. The van der Waals surface area contributed by atoms with Crippen molar-refractivity contribution in [3.05, 3.63) is 83.9 Å². The van der Waals surface area contributed by atoms with E-state index in [1.54, 1.807) is 30.3 Å². The van der Waals surface area contributed by atoms with Crippen LogP contribution in [0.25, 0.3) is 11.1 Å². The van der Waals surface area contributed by atoms with Crippen molar-refractivity contribution in [2.75, 3.05) is 5.48 Å². The van der Waals surface area contributed by atoms with Crippen LogP contribution in [0.4, 0.5) is 5.69 Å². The number of oxime groups is 1. The zero-order valence-corrected chi connectivity index (χ0v) is 14.2. The molecule has 5 nitrogen and oxygen atoms in total. The van der Waals surface area contributed by atoms with E-state index in [0.29, 0.717) is 11.3 Å². The molecule has 0 heterocycles. The molecule has 0 aromatic heterocycles. The molecule has 0 aliphatic heterocycles. The molecule has 0 saturated carbocycles. The third-order valence-electron chi connectivity index (χ3n) is 3.81. The van der Waals surface area contributed by atoms with Gasteiger partial charge in [-0.15, -0.1) is 0 Å². The Bertz CT molecular complexity index is 920. The summed E-state index contributed by atoms with van der Waals surface area (Å²) >= 11 is 0. The molecule has 0 aliphatic rings. The van der Waals surface area contributed by atoms with Crippen LogP contribution in [0, 0.1) is 6.92 Å². The normalized spacial score (nSPS) is 10.7. The minimum Gasteiger partial charge on any atom is -0.506 e. The molecule has 0 radical (unpaired) electrons. The van der Waals surface area contributed by atoms with Gasteiger partial charge in [-0.05, 0) is 35.7 Å². The van der Waals surface area contributed by atoms with Crippen LogP contribution in [-0.2, 0) is 4.94 Å². The first-order valence-electron chi connectivity index (χ1n) is 8.08. The summed E-state index contributed by atoms with van der Waals surface area (Å²) in [5.74, 6) is -0.242. The summed E-state index contributed by atoms with van der Waals surface area (Å²) in [6.07, 6.45) is 1.08. The highest BCUT2D eigenvalue weighted by molar-refractivity contribution is 6.35. The third kappa shape index (κ3) is 4.27. The predicted octanol–water partition coefficient (Wildman–Crippen LogP) is 4.58. The largest absolute Gasteiger partial charge is 0.506 e. The van der Waals surface area contributed by atoms with Crippen molar-refractivity contribution in [3.63, 3.8) is 0 Å². The summed E-state index contributed by atoms with van der Waals surface area (Å²) in [4.78, 5) is 17.0. The fraction of sp³-hybridized carbons (Fsp3) is 0.0476. The monoisotopic (exact) mass is 346 g/mol. The number of aromatic hydroxyl groups is 1. The van der Waals surface area contributed by atoms with Crippen LogP contribution in [0.15, 0.2) is 78.0 Å². The second kappa shape index (κ2) is 7.98. The van der Waals surface area contributed by atoms with Gasteiger partial charge in [-0.3, -0.25) is 9.73 Å². The van der Waals surface area contributed by atoms with Crippen molar-refractivity contribution < 1.29 is 14.8 Å². The van der Waals surface area contributed by atoms with E-state index in [2.05, 4.69) is 10.6 Å². The summed E-state index contributed by atoms with van der Waals surface area (Å²) in [6.45, 7) is 1.89. The molecule has 3 aromatic rings. The quantitative estimate of drug-likeness (QED) is 0.297. The second-order valence-corrected chi connectivity index (χ2v) is 5.76. The van der Waals surface area contributed by atoms with Gasteiger partial charge in [0.1, 0.15) is 17.7 Å². The molecule has 5 heteroatoms.